The van der Waals surface area contributed by atoms with Crippen molar-refractivity contribution in [2.24, 2.45) is 0 Å². The van der Waals surface area contributed by atoms with E-state index in [4.69, 9.17) is 4.42 Å². The van der Waals surface area contributed by atoms with Crippen molar-refractivity contribution in [2.45, 2.75) is 0 Å². The van der Waals surface area contributed by atoms with Crippen LogP contribution in [0.2, 0.25) is 0 Å². The number of nitrogens with zero attached hydrogens (tertiary/aromatic N) is 1. The summed E-state index contributed by atoms with van der Waals surface area (Å²) in [5, 5.41) is 12.2. The van der Waals surface area contributed by atoms with Gasteiger partial charge in [-0.15, -0.1) is 0 Å². The van der Waals surface area contributed by atoms with Crippen molar-refractivity contribution in [3.63, 3.8) is 0 Å². The van der Waals surface area contributed by atoms with E-state index in [9.17, 15) is 0 Å². The van der Waals surface area contributed by atoms with Gasteiger partial charge in [0.25, 0.3) is 0 Å². The van der Waals surface area contributed by atoms with E-state index >= 15 is 0 Å². The number of anilines is 3. The first kappa shape index (κ1) is 30.5. The predicted molar refractivity (Wildman–Crippen MR) is 229 cm³/mol. The Balaban J connectivity index is 1.05. The average molecular weight is 688 g/mol. The zero-order valence-electron chi connectivity index (χ0n) is 29.4. The highest BCUT2D eigenvalue weighted by atomic mass is 16.3. The fourth-order valence-electron chi connectivity index (χ4n) is 8.41. The van der Waals surface area contributed by atoms with Gasteiger partial charge in [0.15, 0.2) is 0 Å². The van der Waals surface area contributed by atoms with E-state index < -0.39 is 0 Å². The first-order chi connectivity index (χ1) is 26.8. The van der Waals surface area contributed by atoms with Crippen LogP contribution in [0.3, 0.4) is 0 Å². The van der Waals surface area contributed by atoms with Crippen LogP contribution in [0.1, 0.15) is 0 Å². The third kappa shape index (κ3) is 4.88. The van der Waals surface area contributed by atoms with Crippen molar-refractivity contribution < 1.29 is 4.42 Å². The molecule has 0 aliphatic rings. The second-order valence-corrected chi connectivity index (χ2v) is 14.1. The van der Waals surface area contributed by atoms with Gasteiger partial charge in [0, 0.05) is 39.2 Å². The highest BCUT2D eigenvalue weighted by Gasteiger charge is 2.19. The average Bonchev–Trinajstić information content (AvgIpc) is 3.63. The lowest BCUT2D eigenvalue weighted by Gasteiger charge is -2.28. The first-order valence-corrected chi connectivity index (χ1v) is 18.5. The Hall–Kier alpha value is -7.16. The van der Waals surface area contributed by atoms with Crippen molar-refractivity contribution in [1.82, 2.24) is 0 Å². The van der Waals surface area contributed by atoms with Crippen molar-refractivity contribution in [3.8, 4) is 22.3 Å². The van der Waals surface area contributed by atoms with E-state index in [1.165, 1.54) is 54.4 Å². The number of hydrogen-bond donors (Lipinski definition) is 0. The molecule has 0 aliphatic heterocycles. The molecule has 0 N–H and O–H groups in total. The molecule has 54 heavy (non-hydrogen) atoms. The lowest BCUT2D eigenvalue weighted by Crippen LogP contribution is -2.11. The van der Waals surface area contributed by atoms with Crippen molar-refractivity contribution in [1.29, 1.82) is 0 Å². The number of para-hydroxylation sites is 1. The van der Waals surface area contributed by atoms with E-state index in [1.807, 2.05) is 0 Å². The van der Waals surface area contributed by atoms with Gasteiger partial charge in [0.1, 0.15) is 11.2 Å². The summed E-state index contributed by atoms with van der Waals surface area (Å²) in [5.74, 6) is 0. The minimum absolute atomic E-state index is 0.870. The first-order valence-electron chi connectivity index (χ1n) is 18.5. The largest absolute Gasteiger partial charge is 0.455 e. The van der Waals surface area contributed by atoms with Gasteiger partial charge < -0.3 is 9.32 Å². The van der Waals surface area contributed by atoms with E-state index in [-0.39, 0.29) is 0 Å². The van der Waals surface area contributed by atoms with Crippen molar-refractivity contribution >= 4 is 82.1 Å². The van der Waals surface area contributed by atoms with Crippen LogP contribution in [0, 0.1) is 0 Å². The van der Waals surface area contributed by atoms with Crippen molar-refractivity contribution in [2.75, 3.05) is 4.90 Å². The van der Waals surface area contributed by atoms with Crippen LogP contribution in [-0.2, 0) is 0 Å². The Labute approximate surface area is 312 Å². The molecular weight excluding hydrogens is 655 g/mol. The molecule has 0 atom stereocenters. The maximum Gasteiger partial charge on any atom is 0.143 e. The van der Waals surface area contributed by atoms with Crippen molar-refractivity contribution in [3.05, 3.63) is 200 Å². The minimum atomic E-state index is 0.870. The molecular formula is C52H33NO. The monoisotopic (exact) mass is 687 g/mol. The van der Waals surface area contributed by atoms with E-state index in [2.05, 4.69) is 205 Å². The summed E-state index contributed by atoms with van der Waals surface area (Å²) >= 11 is 0. The summed E-state index contributed by atoms with van der Waals surface area (Å²) < 4.78 is 6.68. The minimum Gasteiger partial charge on any atom is -0.455 e. The van der Waals surface area contributed by atoms with Gasteiger partial charge in [-0.05, 0) is 96.9 Å². The molecule has 0 fully saturated rings. The second kappa shape index (κ2) is 12.2. The number of furan rings is 1. The lowest BCUT2D eigenvalue weighted by molar-refractivity contribution is 0.672. The molecule has 0 aliphatic carbocycles. The van der Waals surface area contributed by atoms with Gasteiger partial charge in [-0.1, -0.05) is 152 Å². The van der Waals surface area contributed by atoms with Gasteiger partial charge in [0.05, 0.1) is 5.69 Å². The molecule has 0 unspecified atom stereocenters. The number of fused-ring (bicyclic) bond motifs is 10. The zero-order valence-corrected chi connectivity index (χ0v) is 29.4. The van der Waals surface area contributed by atoms with Crippen LogP contribution in [0.25, 0.3) is 87.3 Å². The van der Waals surface area contributed by atoms with E-state index in [1.54, 1.807) is 0 Å². The normalized spacial score (nSPS) is 11.7. The highest BCUT2D eigenvalue weighted by Crippen LogP contribution is 2.44. The molecule has 11 rings (SSSR count). The van der Waals surface area contributed by atoms with Gasteiger partial charge in [-0.25, -0.2) is 0 Å². The molecule has 1 aromatic heterocycles. The smallest absolute Gasteiger partial charge is 0.143 e. The van der Waals surface area contributed by atoms with Crippen LogP contribution >= 0.6 is 0 Å². The molecule has 0 saturated carbocycles. The Morgan fingerprint density at radius 3 is 1.78 bits per heavy atom. The Kier molecular flexibility index (Phi) is 6.90. The number of hydrogen-bond acceptors (Lipinski definition) is 2. The van der Waals surface area contributed by atoms with Crippen LogP contribution in [0.5, 0.6) is 0 Å². The van der Waals surface area contributed by atoms with E-state index in [0.29, 0.717) is 0 Å². The van der Waals surface area contributed by atoms with Crippen LogP contribution < -0.4 is 4.90 Å². The summed E-state index contributed by atoms with van der Waals surface area (Å²) in [6.45, 7) is 0. The van der Waals surface area contributed by atoms with Gasteiger partial charge in [-0.2, -0.15) is 0 Å². The van der Waals surface area contributed by atoms with Crippen LogP contribution in [0.4, 0.5) is 17.1 Å². The van der Waals surface area contributed by atoms with Crippen LogP contribution in [0.15, 0.2) is 205 Å². The fraction of sp³-hybridized carbons (Fsp3) is 0. The molecule has 1 heterocycles. The molecule has 11 aromatic rings. The number of benzene rings is 10. The second-order valence-electron chi connectivity index (χ2n) is 14.1. The molecule has 0 bridgehead atoms. The molecule has 2 heteroatoms. The topological polar surface area (TPSA) is 16.4 Å². The summed E-state index contributed by atoms with van der Waals surface area (Å²) in [7, 11) is 0. The molecule has 10 aromatic carbocycles. The molecule has 0 amide bonds. The highest BCUT2D eigenvalue weighted by molar-refractivity contribution is 6.20. The molecule has 0 spiro atoms. The maximum atomic E-state index is 6.68. The maximum absolute atomic E-state index is 6.68. The van der Waals surface area contributed by atoms with Gasteiger partial charge in [0.2, 0.25) is 0 Å². The lowest BCUT2D eigenvalue weighted by atomic mass is 9.94. The molecule has 252 valence electrons. The standard InChI is InChI=1S/C52H33NO/c1-2-10-35(11-3-1)43-14-8-9-17-49(43)53(42-28-31-47-48-30-24-37-13-5-7-16-46(37)52(48)54-50(47)33-42)41-26-22-34(23-27-41)39-25-29-45-40(32-39)21-20-38-19-18-36-12-4-6-15-44(36)51(38)45/h1-33H. The third-order valence-corrected chi connectivity index (χ3v) is 11.0. The molecule has 2 nitrogen and oxygen atoms in total. The Morgan fingerprint density at radius 1 is 0.333 bits per heavy atom. The SMILES string of the molecule is c1ccc(-c2ccccc2N(c2ccc(-c3ccc4c(ccc5ccc6ccccc6c54)c3)cc2)c2ccc3c(c2)oc2c4ccccc4ccc32)cc1. The quantitative estimate of drug-likeness (QED) is 0.168. The number of rotatable bonds is 5. The zero-order chi connectivity index (χ0) is 35.6. The Morgan fingerprint density at radius 2 is 0.926 bits per heavy atom. The fourth-order valence-corrected chi connectivity index (χ4v) is 8.41. The summed E-state index contributed by atoms with van der Waals surface area (Å²) in [4.78, 5) is 2.36. The van der Waals surface area contributed by atoms with Gasteiger partial charge >= 0.3 is 0 Å². The Bertz CT molecular complexity index is 3210. The summed E-state index contributed by atoms with van der Waals surface area (Å²) in [5.41, 5.74) is 9.70. The summed E-state index contributed by atoms with van der Waals surface area (Å²) in [6, 6.07) is 72.2. The van der Waals surface area contributed by atoms with Crippen LogP contribution in [-0.4, -0.2) is 0 Å². The third-order valence-electron chi connectivity index (χ3n) is 11.0. The molecule has 0 saturated heterocycles. The summed E-state index contributed by atoms with van der Waals surface area (Å²) in [6.07, 6.45) is 0. The van der Waals surface area contributed by atoms with E-state index in [0.717, 1.165) is 50.0 Å². The molecule has 0 radical (unpaired) electrons. The predicted octanol–water partition coefficient (Wildman–Crippen LogP) is 15.0. The van der Waals surface area contributed by atoms with Gasteiger partial charge in [-0.3, -0.25) is 0 Å².